The lowest BCUT2D eigenvalue weighted by molar-refractivity contribution is 0.189. The van der Waals surface area contributed by atoms with Crippen LogP contribution in [0.5, 0.6) is 0 Å². The van der Waals surface area contributed by atoms with E-state index in [4.69, 9.17) is 8.85 Å². The Kier molecular flexibility index (Phi) is 6.20. The monoisotopic (exact) mass is 234 g/mol. The molecule has 0 amide bonds. The third-order valence-corrected chi connectivity index (χ3v) is 15.8. The maximum Gasteiger partial charge on any atom is 0.312 e. The zero-order valence-corrected chi connectivity index (χ0v) is 12.6. The zero-order valence-electron chi connectivity index (χ0n) is 10.6. The van der Waals surface area contributed by atoms with Crippen molar-refractivity contribution >= 4 is 15.7 Å². The summed E-state index contributed by atoms with van der Waals surface area (Å²) in [6, 6.07) is 0. The third kappa shape index (κ3) is 4.25. The van der Waals surface area contributed by atoms with Gasteiger partial charge in [-0.05, 0) is 19.4 Å². The fraction of sp³-hybridized carbons (Fsp3) is 1.00. The molecular formula is C10H26O2Si2. The second-order valence-electron chi connectivity index (χ2n) is 4.89. The van der Waals surface area contributed by atoms with E-state index in [-0.39, 0.29) is 0 Å². The van der Waals surface area contributed by atoms with Crippen LogP contribution in [0.15, 0.2) is 0 Å². The van der Waals surface area contributed by atoms with Crippen LogP contribution in [0.25, 0.3) is 0 Å². The van der Waals surface area contributed by atoms with Gasteiger partial charge in [-0.3, -0.25) is 0 Å². The molecule has 14 heavy (non-hydrogen) atoms. The van der Waals surface area contributed by atoms with Crippen LogP contribution in [-0.4, -0.2) is 28.9 Å². The van der Waals surface area contributed by atoms with Crippen molar-refractivity contribution in [1.82, 2.24) is 0 Å². The van der Waals surface area contributed by atoms with E-state index >= 15 is 0 Å². The SMILES string of the molecule is CCCO[Si](C)(OCCC)[Si](C)(C)C. The van der Waals surface area contributed by atoms with Gasteiger partial charge in [0.1, 0.15) is 7.59 Å². The molecule has 0 fully saturated rings. The van der Waals surface area contributed by atoms with Crippen LogP contribution in [0.4, 0.5) is 0 Å². The molecule has 0 N–H and O–H groups in total. The normalized spacial score (nSPS) is 13.3. The van der Waals surface area contributed by atoms with Crippen LogP contribution in [0.3, 0.4) is 0 Å². The second-order valence-corrected chi connectivity index (χ2v) is 19.1. The molecule has 0 aliphatic rings. The average Bonchev–Trinajstić information content (AvgIpc) is 2.09. The fourth-order valence-corrected chi connectivity index (χ4v) is 6.42. The topological polar surface area (TPSA) is 18.5 Å². The highest BCUT2D eigenvalue weighted by Gasteiger charge is 2.45. The van der Waals surface area contributed by atoms with Crippen molar-refractivity contribution in [3.05, 3.63) is 0 Å². The highest BCUT2D eigenvalue weighted by atomic mass is 29.3. The first-order chi connectivity index (χ1) is 6.37. The van der Waals surface area contributed by atoms with Gasteiger partial charge in [-0.2, -0.15) is 0 Å². The molecule has 0 aromatic heterocycles. The molecular weight excluding hydrogens is 208 g/mol. The Bertz CT molecular complexity index is 147. The zero-order chi connectivity index (χ0) is 11.2. The van der Waals surface area contributed by atoms with E-state index in [0.29, 0.717) is 0 Å². The molecule has 2 nitrogen and oxygen atoms in total. The Morgan fingerprint density at radius 2 is 1.14 bits per heavy atom. The summed E-state index contributed by atoms with van der Waals surface area (Å²) in [6.07, 6.45) is 2.17. The van der Waals surface area contributed by atoms with E-state index in [0.717, 1.165) is 26.1 Å². The van der Waals surface area contributed by atoms with Gasteiger partial charge in [-0.25, -0.2) is 0 Å². The molecule has 0 saturated carbocycles. The molecule has 0 unspecified atom stereocenters. The molecule has 0 radical (unpaired) electrons. The summed E-state index contributed by atoms with van der Waals surface area (Å²) in [7, 11) is -3.14. The molecule has 4 heteroatoms. The smallest absolute Gasteiger partial charge is 0.312 e. The molecule has 0 aromatic rings. The maximum absolute atomic E-state index is 6.02. The van der Waals surface area contributed by atoms with Gasteiger partial charge in [-0.1, -0.05) is 33.5 Å². The van der Waals surface area contributed by atoms with Gasteiger partial charge in [0.25, 0.3) is 0 Å². The molecule has 0 aliphatic heterocycles. The first-order valence-corrected chi connectivity index (χ1v) is 12.5. The van der Waals surface area contributed by atoms with Gasteiger partial charge in [0.05, 0.1) is 0 Å². The van der Waals surface area contributed by atoms with Crippen molar-refractivity contribution < 1.29 is 8.85 Å². The van der Waals surface area contributed by atoms with Crippen LogP contribution in [0, 0.1) is 0 Å². The van der Waals surface area contributed by atoms with Crippen molar-refractivity contribution in [1.29, 1.82) is 0 Å². The van der Waals surface area contributed by atoms with E-state index < -0.39 is 15.7 Å². The Morgan fingerprint density at radius 3 is 1.36 bits per heavy atom. The van der Waals surface area contributed by atoms with Crippen molar-refractivity contribution in [3.8, 4) is 0 Å². The summed E-state index contributed by atoms with van der Waals surface area (Å²) in [5.74, 6) is 0. The largest absolute Gasteiger partial charge is 0.397 e. The van der Waals surface area contributed by atoms with Gasteiger partial charge in [0, 0.05) is 13.2 Å². The molecule has 0 rings (SSSR count). The Labute approximate surface area is 91.0 Å². The standard InChI is InChI=1S/C10H26O2Si2/c1-7-9-11-14(6,12-10-8-2)13(3,4)5/h7-10H2,1-6H3. The number of hydrogen-bond donors (Lipinski definition) is 0. The summed E-state index contributed by atoms with van der Waals surface area (Å²) >= 11 is 0. The fourth-order valence-electron chi connectivity index (χ4n) is 1.07. The Hall–Kier alpha value is 0.354. The molecule has 0 aromatic carbocycles. The minimum absolute atomic E-state index is 0.858. The highest BCUT2D eigenvalue weighted by Crippen LogP contribution is 2.22. The second kappa shape index (κ2) is 6.05. The van der Waals surface area contributed by atoms with E-state index in [1.165, 1.54) is 0 Å². The van der Waals surface area contributed by atoms with E-state index in [9.17, 15) is 0 Å². The maximum atomic E-state index is 6.02. The quantitative estimate of drug-likeness (QED) is 0.629. The summed E-state index contributed by atoms with van der Waals surface area (Å²) in [4.78, 5) is 0. The Balaban J connectivity index is 4.33. The first kappa shape index (κ1) is 14.4. The lowest BCUT2D eigenvalue weighted by Crippen LogP contribution is -2.60. The minimum atomic E-state index is -1.85. The van der Waals surface area contributed by atoms with Crippen molar-refractivity contribution in [2.45, 2.75) is 52.9 Å². The van der Waals surface area contributed by atoms with Gasteiger partial charge in [-0.15, -0.1) is 0 Å². The van der Waals surface area contributed by atoms with Gasteiger partial charge < -0.3 is 8.85 Å². The van der Waals surface area contributed by atoms with Crippen molar-refractivity contribution in [2.75, 3.05) is 13.2 Å². The first-order valence-electron chi connectivity index (χ1n) is 5.65. The van der Waals surface area contributed by atoms with E-state index in [1.54, 1.807) is 0 Å². The van der Waals surface area contributed by atoms with Gasteiger partial charge >= 0.3 is 8.08 Å². The van der Waals surface area contributed by atoms with Crippen LogP contribution < -0.4 is 0 Å². The highest BCUT2D eigenvalue weighted by molar-refractivity contribution is 7.35. The summed E-state index contributed by atoms with van der Waals surface area (Å²) < 4.78 is 12.0. The molecule has 0 heterocycles. The van der Waals surface area contributed by atoms with Crippen LogP contribution in [0.1, 0.15) is 26.7 Å². The van der Waals surface area contributed by atoms with Crippen molar-refractivity contribution in [3.63, 3.8) is 0 Å². The van der Waals surface area contributed by atoms with Crippen molar-refractivity contribution in [2.24, 2.45) is 0 Å². The van der Waals surface area contributed by atoms with Crippen LogP contribution in [-0.2, 0) is 8.85 Å². The predicted molar refractivity (Wildman–Crippen MR) is 67.5 cm³/mol. The van der Waals surface area contributed by atoms with Crippen LogP contribution in [0.2, 0.25) is 26.2 Å². The number of hydrogen-bond acceptors (Lipinski definition) is 2. The summed E-state index contributed by atoms with van der Waals surface area (Å²) in [5, 5.41) is 0. The summed E-state index contributed by atoms with van der Waals surface area (Å²) in [6.45, 7) is 15.3. The average molecular weight is 234 g/mol. The third-order valence-electron chi connectivity index (χ3n) is 2.53. The predicted octanol–water partition coefficient (Wildman–Crippen LogP) is 3.33. The lowest BCUT2D eigenvalue weighted by Gasteiger charge is -2.36. The minimum Gasteiger partial charge on any atom is -0.397 e. The molecule has 0 spiro atoms. The van der Waals surface area contributed by atoms with Gasteiger partial charge in [0.2, 0.25) is 0 Å². The Morgan fingerprint density at radius 1 is 0.786 bits per heavy atom. The molecule has 86 valence electrons. The number of rotatable bonds is 7. The van der Waals surface area contributed by atoms with Gasteiger partial charge in [0.15, 0.2) is 0 Å². The summed E-state index contributed by atoms with van der Waals surface area (Å²) in [5.41, 5.74) is 0. The molecule has 0 saturated heterocycles. The lowest BCUT2D eigenvalue weighted by atomic mass is 10.5. The van der Waals surface area contributed by atoms with Crippen LogP contribution >= 0.6 is 0 Å². The molecule has 0 bridgehead atoms. The molecule has 0 aliphatic carbocycles. The van der Waals surface area contributed by atoms with E-state index in [2.05, 4.69) is 40.0 Å². The molecule has 0 atom stereocenters. The van der Waals surface area contributed by atoms with E-state index in [1.807, 2.05) is 0 Å².